The van der Waals surface area contributed by atoms with Crippen molar-refractivity contribution in [3.8, 4) is 11.8 Å². The number of aliphatic hydroxyl groups is 1. The van der Waals surface area contributed by atoms with E-state index >= 15 is 0 Å². The van der Waals surface area contributed by atoms with Crippen LogP contribution in [0.25, 0.3) is 0 Å². The van der Waals surface area contributed by atoms with Crippen LogP contribution in [0.15, 0.2) is 18.2 Å². The highest BCUT2D eigenvalue weighted by Crippen LogP contribution is 2.09. The second-order valence-corrected chi connectivity index (χ2v) is 6.62. The topological polar surface area (TPSA) is 83.5 Å². The number of nitrogens with one attached hydrogen (secondary N) is 1. The highest BCUT2D eigenvalue weighted by molar-refractivity contribution is 7.91. The van der Waals surface area contributed by atoms with Gasteiger partial charge in [0.05, 0.1) is 11.3 Å². The summed E-state index contributed by atoms with van der Waals surface area (Å²) in [6.07, 6.45) is 0. The molecule has 0 fully saturated rings. The Hall–Kier alpha value is -1.91. The van der Waals surface area contributed by atoms with Gasteiger partial charge in [-0.2, -0.15) is 0 Å². The van der Waals surface area contributed by atoms with Crippen LogP contribution in [0.5, 0.6) is 0 Å². The fourth-order valence-electron chi connectivity index (χ4n) is 1.46. The van der Waals surface area contributed by atoms with E-state index < -0.39 is 21.6 Å². The number of hydrogen-bond donors (Lipinski definition) is 2. The number of hydrogen-bond acceptors (Lipinski definition) is 4. The number of carbonyl (C=O) groups excluding carboxylic acids is 1. The van der Waals surface area contributed by atoms with Gasteiger partial charge in [0.15, 0.2) is 9.84 Å². The van der Waals surface area contributed by atoms with Crippen LogP contribution >= 0.6 is 0 Å². The second kappa shape index (κ2) is 7.76. The molecule has 0 saturated heterocycles. The fraction of sp³-hybridized carbons (Fsp3) is 0.357. The molecule has 0 heterocycles. The fourth-order valence-corrected chi connectivity index (χ4v) is 2.16. The van der Waals surface area contributed by atoms with Crippen LogP contribution in [-0.2, 0) is 9.84 Å². The van der Waals surface area contributed by atoms with Gasteiger partial charge in [0.2, 0.25) is 0 Å². The van der Waals surface area contributed by atoms with Crippen molar-refractivity contribution in [2.24, 2.45) is 0 Å². The minimum Gasteiger partial charge on any atom is -0.384 e. The Bertz CT molecular complexity index is 674. The Balaban J connectivity index is 2.69. The number of benzene rings is 1. The Kier molecular flexibility index (Phi) is 6.34. The molecular weight excluding hydrogens is 297 g/mol. The lowest BCUT2D eigenvalue weighted by Gasteiger charge is -2.06. The van der Waals surface area contributed by atoms with Gasteiger partial charge in [-0.15, -0.1) is 0 Å². The van der Waals surface area contributed by atoms with Crippen LogP contribution < -0.4 is 5.32 Å². The van der Waals surface area contributed by atoms with Crippen LogP contribution in [0, 0.1) is 17.7 Å². The van der Waals surface area contributed by atoms with Crippen LogP contribution in [0.4, 0.5) is 4.39 Å². The lowest BCUT2D eigenvalue weighted by molar-refractivity contribution is 0.0955. The molecule has 2 N–H and O–H groups in total. The summed E-state index contributed by atoms with van der Waals surface area (Å²) in [5.74, 6) is 3.35. The molecule has 1 aromatic carbocycles. The van der Waals surface area contributed by atoms with Crippen molar-refractivity contribution in [3.05, 3.63) is 35.1 Å². The van der Waals surface area contributed by atoms with E-state index in [0.29, 0.717) is 0 Å². The summed E-state index contributed by atoms with van der Waals surface area (Å²) in [5.41, 5.74) is 0.158. The summed E-state index contributed by atoms with van der Waals surface area (Å²) < 4.78 is 36.2. The van der Waals surface area contributed by atoms with Crippen molar-refractivity contribution >= 4 is 15.7 Å². The third-order valence-electron chi connectivity index (χ3n) is 2.67. The Labute approximate surface area is 123 Å². The van der Waals surface area contributed by atoms with Crippen molar-refractivity contribution in [2.45, 2.75) is 6.92 Å². The average molecular weight is 313 g/mol. The molecule has 1 aromatic rings. The monoisotopic (exact) mass is 313 g/mol. The van der Waals surface area contributed by atoms with Gasteiger partial charge in [0.1, 0.15) is 12.4 Å². The molecule has 1 rings (SSSR count). The summed E-state index contributed by atoms with van der Waals surface area (Å²) >= 11 is 0. The molecule has 0 atom stereocenters. The predicted octanol–water partition coefficient (Wildman–Crippen LogP) is 0.334. The average Bonchev–Trinajstić information content (AvgIpc) is 2.45. The first kappa shape index (κ1) is 17.1. The molecule has 114 valence electrons. The van der Waals surface area contributed by atoms with E-state index in [0.717, 1.165) is 6.07 Å². The predicted molar refractivity (Wildman–Crippen MR) is 77.0 cm³/mol. The summed E-state index contributed by atoms with van der Waals surface area (Å²) in [6, 6.07) is 3.73. The first-order valence-electron chi connectivity index (χ1n) is 6.27. The number of aliphatic hydroxyl groups excluding tert-OH is 1. The van der Waals surface area contributed by atoms with E-state index in [4.69, 9.17) is 5.11 Å². The first-order valence-corrected chi connectivity index (χ1v) is 8.09. The third kappa shape index (κ3) is 5.53. The third-order valence-corrected chi connectivity index (χ3v) is 4.38. The maximum Gasteiger partial charge on any atom is 0.251 e. The van der Waals surface area contributed by atoms with Crippen molar-refractivity contribution in [1.82, 2.24) is 5.32 Å². The Morgan fingerprint density at radius 2 is 2.14 bits per heavy atom. The Morgan fingerprint density at radius 1 is 1.43 bits per heavy atom. The lowest BCUT2D eigenvalue weighted by Crippen LogP contribution is -2.29. The van der Waals surface area contributed by atoms with E-state index in [-0.39, 0.29) is 35.8 Å². The molecule has 7 heteroatoms. The first-order chi connectivity index (χ1) is 9.89. The molecule has 21 heavy (non-hydrogen) atoms. The van der Waals surface area contributed by atoms with E-state index in [1.54, 1.807) is 0 Å². The Morgan fingerprint density at radius 3 is 2.71 bits per heavy atom. The normalized spacial score (nSPS) is 10.6. The van der Waals surface area contributed by atoms with Gasteiger partial charge in [-0.3, -0.25) is 4.79 Å². The van der Waals surface area contributed by atoms with E-state index in [9.17, 15) is 17.6 Å². The SMILES string of the molecule is CCS(=O)(=O)CCNC(=O)c1ccc(C#CCO)c(F)c1. The van der Waals surface area contributed by atoms with Gasteiger partial charge >= 0.3 is 0 Å². The van der Waals surface area contributed by atoms with Crippen molar-refractivity contribution in [1.29, 1.82) is 0 Å². The minimum atomic E-state index is -3.15. The number of rotatable bonds is 5. The van der Waals surface area contributed by atoms with Gasteiger partial charge in [0.25, 0.3) is 5.91 Å². The zero-order valence-corrected chi connectivity index (χ0v) is 12.3. The van der Waals surface area contributed by atoms with E-state index in [1.165, 1.54) is 19.1 Å². The molecule has 1 amide bonds. The van der Waals surface area contributed by atoms with Crippen molar-refractivity contribution in [2.75, 3.05) is 24.7 Å². The molecule has 0 saturated carbocycles. The summed E-state index contributed by atoms with van der Waals surface area (Å²) in [7, 11) is -3.15. The van der Waals surface area contributed by atoms with Crippen LogP contribution in [0.1, 0.15) is 22.8 Å². The molecule has 0 bridgehead atoms. The molecule has 5 nitrogen and oxygen atoms in total. The van der Waals surface area contributed by atoms with Gasteiger partial charge < -0.3 is 10.4 Å². The van der Waals surface area contributed by atoms with E-state index in [1.807, 2.05) is 0 Å². The largest absolute Gasteiger partial charge is 0.384 e. The van der Waals surface area contributed by atoms with Crippen molar-refractivity contribution < 1.29 is 22.7 Å². The molecule has 0 aromatic heterocycles. The standard InChI is InChI=1S/C14H16FNO4S/c1-2-21(19,20)9-7-16-14(18)12-6-5-11(4-3-8-17)13(15)10-12/h5-6,10,17H,2,7-9H2,1H3,(H,16,18). The quantitative estimate of drug-likeness (QED) is 0.768. The highest BCUT2D eigenvalue weighted by atomic mass is 32.2. The summed E-state index contributed by atoms with van der Waals surface area (Å²) in [4.78, 5) is 11.7. The van der Waals surface area contributed by atoms with Gasteiger partial charge in [-0.1, -0.05) is 18.8 Å². The van der Waals surface area contributed by atoms with Crippen LogP contribution in [0.2, 0.25) is 0 Å². The molecule has 0 aliphatic carbocycles. The molecule has 0 aliphatic rings. The van der Waals surface area contributed by atoms with Gasteiger partial charge in [-0.25, -0.2) is 12.8 Å². The summed E-state index contributed by atoms with van der Waals surface area (Å²) in [6.45, 7) is 1.12. The molecule has 0 unspecified atom stereocenters. The number of halogens is 1. The van der Waals surface area contributed by atoms with E-state index in [2.05, 4.69) is 17.2 Å². The van der Waals surface area contributed by atoms with Gasteiger partial charge in [0, 0.05) is 17.9 Å². The zero-order chi connectivity index (χ0) is 15.9. The number of carbonyl (C=O) groups is 1. The minimum absolute atomic E-state index is 0.00965. The number of sulfone groups is 1. The van der Waals surface area contributed by atoms with Crippen LogP contribution in [-0.4, -0.2) is 44.1 Å². The molecule has 0 radical (unpaired) electrons. The molecule has 0 spiro atoms. The zero-order valence-electron chi connectivity index (χ0n) is 11.5. The number of amides is 1. The summed E-state index contributed by atoms with van der Waals surface area (Å²) in [5, 5.41) is 11.0. The maximum absolute atomic E-state index is 13.6. The lowest BCUT2D eigenvalue weighted by atomic mass is 10.1. The van der Waals surface area contributed by atoms with Crippen LogP contribution in [0.3, 0.4) is 0 Å². The maximum atomic E-state index is 13.6. The highest BCUT2D eigenvalue weighted by Gasteiger charge is 2.11. The molecule has 0 aliphatic heterocycles. The molecular formula is C14H16FNO4S. The van der Waals surface area contributed by atoms with Crippen molar-refractivity contribution in [3.63, 3.8) is 0 Å². The second-order valence-electron chi connectivity index (χ2n) is 4.15. The smallest absolute Gasteiger partial charge is 0.251 e. The van der Waals surface area contributed by atoms with Gasteiger partial charge in [-0.05, 0) is 18.2 Å².